The minimum Gasteiger partial charge on any atom is -0.299 e. The van der Waals surface area contributed by atoms with Crippen LogP contribution in [0.25, 0.3) is 51.3 Å². The Morgan fingerprint density at radius 3 is 1.62 bits per heavy atom. The summed E-state index contributed by atoms with van der Waals surface area (Å²) < 4.78 is 6.08. The fraction of sp³-hybridized carbons (Fsp3) is 0. The molecule has 0 bridgehead atoms. The first-order chi connectivity index (χ1) is 18.3. The van der Waals surface area contributed by atoms with Crippen LogP contribution in [0.1, 0.15) is 0 Å². The van der Waals surface area contributed by atoms with Crippen LogP contribution in [0.4, 0.5) is 0 Å². The Labute approximate surface area is 213 Å². The zero-order valence-corrected chi connectivity index (χ0v) is 19.8. The molecule has 0 atom stereocenters. The number of imidazole rings is 2. The average molecular weight is 480 g/mol. The maximum absolute atomic E-state index is 5.00. The summed E-state index contributed by atoms with van der Waals surface area (Å²) in [6, 6.07) is 32.5. The van der Waals surface area contributed by atoms with E-state index in [-0.39, 0.29) is 0 Å². The second-order valence-electron chi connectivity index (χ2n) is 8.60. The summed E-state index contributed by atoms with van der Waals surface area (Å²) in [7, 11) is 0. The molecule has 0 saturated carbocycles. The lowest BCUT2D eigenvalue weighted by Gasteiger charge is -2.13. The Balaban J connectivity index is 1.46. The van der Waals surface area contributed by atoms with E-state index in [4.69, 9.17) is 9.97 Å². The van der Waals surface area contributed by atoms with Gasteiger partial charge in [0.2, 0.25) is 5.95 Å². The number of hydrogen-bond acceptors (Lipinski definition) is 4. The molecule has 0 amide bonds. The molecule has 0 aliphatic heterocycles. The van der Waals surface area contributed by atoms with Crippen LogP contribution in [0.15, 0.2) is 128 Å². The number of hydrogen-bond donors (Lipinski definition) is 0. The quantitative estimate of drug-likeness (QED) is 0.298. The first kappa shape index (κ1) is 21.0. The zero-order chi connectivity index (χ0) is 24.6. The van der Waals surface area contributed by atoms with Crippen LogP contribution in [0.2, 0.25) is 0 Å². The van der Waals surface area contributed by atoms with Crippen molar-refractivity contribution >= 4 is 10.9 Å². The number of fused-ring (bicyclic) bond motifs is 1. The Kier molecular flexibility index (Phi) is 4.96. The van der Waals surface area contributed by atoms with Crippen molar-refractivity contribution in [1.29, 1.82) is 0 Å². The van der Waals surface area contributed by atoms with E-state index in [1.54, 1.807) is 12.4 Å². The monoisotopic (exact) mass is 479 g/mol. The summed E-state index contributed by atoms with van der Waals surface area (Å²) in [5.74, 6) is 2.01. The maximum atomic E-state index is 5.00. The molecule has 0 aliphatic carbocycles. The summed E-state index contributed by atoms with van der Waals surface area (Å²) in [5.41, 5.74) is 4.45. The SMILES string of the molecule is c1ccc(-n2ccnc2-c2cc(-c3nccn3-c3ccccc3)nc(-n3ccc4ccccc43)n2)cc1. The Bertz CT molecular complexity index is 1730. The molecule has 0 radical (unpaired) electrons. The summed E-state index contributed by atoms with van der Waals surface area (Å²) in [5, 5.41) is 1.12. The lowest BCUT2D eigenvalue weighted by Crippen LogP contribution is -2.07. The fourth-order valence-corrected chi connectivity index (χ4v) is 4.61. The Morgan fingerprint density at radius 1 is 0.486 bits per heavy atom. The van der Waals surface area contributed by atoms with Crippen molar-refractivity contribution in [3.8, 4) is 40.4 Å². The summed E-state index contributed by atoms with van der Waals surface area (Å²) >= 11 is 0. The predicted molar refractivity (Wildman–Crippen MR) is 144 cm³/mol. The Morgan fingerprint density at radius 2 is 1.03 bits per heavy atom. The number of nitrogens with zero attached hydrogens (tertiary/aromatic N) is 7. The van der Waals surface area contributed by atoms with Gasteiger partial charge >= 0.3 is 0 Å². The molecule has 0 N–H and O–H groups in total. The molecular weight excluding hydrogens is 458 g/mol. The van der Waals surface area contributed by atoms with Crippen molar-refractivity contribution in [3.05, 3.63) is 128 Å². The highest BCUT2D eigenvalue weighted by atomic mass is 15.2. The number of rotatable bonds is 5. The van der Waals surface area contributed by atoms with Gasteiger partial charge in [0.05, 0.1) is 5.52 Å². The Hall–Kier alpha value is -5.30. The molecule has 7 nitrogen and oxygen atoms in total. The molecule has 37 heavy (non-hydrogen) atoms. The maximum Gasteiger partial charge on any atom is 0.235 e. The van der Waals surface area contributed by atoms with E-state index in [9.17, 15) is 0 Å². The van der Waals surface area contributed by atoms with E-state index in [0.29, 0.717) is 17.3 Å². The van der Waals surface area contributed by atoms with Gasteiger partial charge in [0.25, 0.3) is 0 Å². The number of benzene rings is 3. The van der Waals surface area contributed by atoms with Gasteiger partial charge in [0.1, 0.15) is 11.4 Å². The van der Waals surface area contributed by atoms with Gasteiger partial charge in [-0.1, -0.05) is 54.6 Å². The molecule has 0 fully saturated rings. The molecule has 4 heterocycles. The van der Waals surface area contributed by atoms with Gasteiger partial charge in [-0.05, 0) is 42.5 Å². The van der Waals surface area contributed by atoms with E-state index in [2.05, 4.69) is 52.4 Å². The third kappa shape index (κ3) is 3.70. The minimum absolute atomic E-state index is 0.555. The largest absolute Gasteiger partial charge is 0.299 e. The third-order valence-corrected chi connectivity index (χ3v) is 6.34. The molecule has 7 heteroatoms. The van der Waals surface area contributed by atoms with Crippen LogP contribution < -0.4 is 0 Å². The highest BCUT2D eigenvalue weighted by molar-refractivity contribution is 5.81. The van der Waals surface area contributed by atoms with Crippen LogP contribution >= 0.6 is 0 Å². The smallest absolute Gasteiger partial charge is 0.235 e. The molecule has 4 aromatic heterocycles. The highest BCUT2D eigenvalue weighted by Gasteiger charge is 2.18. The first-order valence-corrected chi connectivity index (χ1v) is 12.0. The van der Waals surface area contributed by atoms with Crippen molar-refractivity contribution in [2.45, 2.75) is 0 Å². The van der Waals surface area contributed by atoms with E-state index < -0.39 is 0 Å². The second kappa shape index (κ2) is 8.73. The number of para-hydroxylation sites is 3. The zero-order valence-electron chi connectivity index (χ0n) is 19.8. The van der Waals surface area contributed by atoms with Gasteiger partial charge in [0.15, 0.2) is 11.6 Å². The molecule has 0 unspecified atom stereocenters. The van der Waals surface area contributed by atoms with Crippen LogP contribution in [0.5, 0.6) is 0 Å². The second-order valence-corrected chi connectivity index (χ2v) is 8.60. The van der Waals surface area contributed by atoms with Crippen molar-refractivity contribution in [1.82, 2.24) is 33.6 Å². The topological polar surface area (TPSA) is 66.3 Å². The summed E-state index contributed by atoms with van der Waals surface area (Å²) in [6.45, 7) is 0. The predicted octanol–water partition coefficient (Wildman–Crippen LogP) is 6.13. The van der Waals surface area contributed by atoms with Crippen LogP contribution in [0.3, 0.4) is 0 Å². The molecule has 0 aliphatic rings. The van der Waals surface area contributed by atoms with E-state index in [1.165, 1.54) is 0 Å². The van der Waals surface area contributed by atoms with E-state index in [0.717, 1.165) is 33.9 Å². The van der Waals surface area contributed by atoms with Gasteiger partial charge in [-0.2, -0.15) is 0 Å². The average Bonchev–Trinajstić information content (AvgIpc) is 3.73. The normalized spacial score (nSPS) is 11.2. The van der Waals surface area contributed by atoms with E-state index in [1.807, 2.05) is 86.9 Å². The van der Waals surface area contributed by atoms with Gasteiger partial charge in [-0.25, -0.2) is 19.9 Å². The van der Waals surface area contributed by atoms with Crippen molar-refractivity contribution in [2.75, 3.05) is 0 Å². The lowest BCUT2D eigenvalue weighted by atomic mass is 10.2. The molecular formula is C30H21N7. The van der Waals surface area contributed by atoms with Crippen molar-refractivity contribution < 1.29 is 0 Å². The molecule has 7 aromatic rings. The van der Waals surface area contributed by atoms with E-state index >= 15 is 0 Å². The molecule has 176 valence electrons. The standard InChI is InChI=1S/C30H21N7/c1-3-10-23(11-4-1)35-19-16-31-28(35)25-21-26(29-32-17-20-36(29)24-12-5-2-6-13-24)34-30(33-25)37-18-15-22-9-7-8-14-27(22)37/h1-21H. The first-order valence-electron chi connectivity index (χ1n) is 12.0. The van der Waals surface area contributed by atoms with Gasteiger partial charge < -0.3 is 0 Å². The third-order valence-electron chi connectivity index (χ3n) is 6.34. The van der Waals surface area contributed by atoms with Gasteiger partial charge in [-0.3, -0.25) is 13.7 Å². The minimum atomic E-state index is 0.555. The van der Waals surface area contributed by atoms with Crippen LogP contribution in [-0.2, 0) is 0 Å². The fourth-order valence-electron chi connectivity index (χ4n) is 4.61. The van der Waals surface area contributed by atoms with Crippen LogP contribution in [-0.4, -0.2) is 33.6 Å². The molecule has 3 aromatic carbocycles. The van der Waals surface area contributed by atoms with Crippen LogP contribution in [0, 0.1) is 0 Å². The molecule has 0 spiro atoms. The van der Waals surface area contributed by atoms with Gasteiger partial charge in [-0.15, -0.1) is 0 Å². The summed E-state index contributed by atoms with van der Waals surface area (Å²) in [6.07, 6.45) is 9.48. The molecule has 0 saturated heterocycles. The number of aromatic nitrogens is 7. The van der Waals surface area contributed by atoms with Gasteiger partial charge in [0, 0.05) is 47.7 Å². The lowest BCUT2D eigenvalue weighted by molar-refractivity contribution is 0.943. The van der Waals surface area contributed by atoms with Crippen molar-refractivity contribution in [2.24, 2.45) is 0 Å². The molecule has 7 rings (SSSR count). The highest BCUT2D eigenvalue weighted by Crippen LogP contribution is 2.28. The van der Waals surface area contributed by atoms with Crippen molar-refractivity contribution in [3.63, 3.8) is 0 Å². The summed E-state index contributed by atoms with van der Waals surface area (Å²) in [4.78, 5) is 19.4.